The normalized spacial score (nSPS) is 15.5. The Hall–Kier alpha value is -5.65. The number of fused-ring (bicyclic) bond motifs is 2. The minimum absolute atomic E-state index is 0.0550. The van der Waals surface area contributed by atoms with Crippen molar-refractivity contribution < 1.29 is 27.9 Å². The molecule has 1 atom stereocenters. The zero-order valence-electron chi connectivity index (χ0n) is 22.9. The fourth-order valence-corrected chi connectivity index (χ4v) is 4.91. The summed E-state index contributed by atoms with van der Waals surface area (Å²) in [5, 5.41) is 6.24. The van der Waals surface area contributed by atoms with Gasteiger partial charge in [-0.15, -0.1) is 0 Å². The second-order valence-corrected chi connectivity index (χ2v) is 10.2. The van der Waals surface area contributed by atoms with E-state index in [1.807, 2.05) is 0 Å². The highest BCUT2D eigenvalue weighted by atomic mass is 19.1. The van der Waals surface area contributed by atoms with Gasteiger partial charge in [0.05, 0.1) is 17.4 Å². The molecule has 0 fully saturated rings. The lowest BCUT2D eigenvalue weighted by atomic mass is 9.83. The van der Waals surface area contributed by atoms with Crippen LogP contribution in [0.4, 0.5) is 10.1 Å². The molecule has 0 radical (unpaired) electrons. The molecule has 0 unspecified atom stereocenters. The van der Waals surface area contributed by atoms with Gasteiger partial charge in [0.15, 0.2) is 0 Å². The number of nitrogens with one attached hydrogen (secondary N) is 2. The lowest BCUT2D eigenvalue weighted by Crippen LogP contribution is -2.39. The van der Waals surface area contributed by atoms with Crippen molar-refractivity contribution in [3.05, 3.63) is 102 Å². The molecule has 2 aromatic carbocycles. The Morgan fingerprint density at radius 2 is 1.86 bits per heavy atom. The van der Waals surface area contributed by atoms with Crippen molar-refractivity contribution in [1.82, 2.24) is 20.3 Å². The van der Waals surface area contributed by atoms with Crippen molar-refractivity contribution >= 4 is 34.3 Å². The molecule has 3 aromatic heterocycles. The summed E-state index contributed by atoms with van der Waals surface area (Å²) < 4.78 is 24.6. The van der Waals surface area contributed by atoms with Gasteiger partial charge < -0.3 is 25.5 Å². The SMILES string of the molecule is C[C@]1(C(N)=O)COc2c1cc(CCNC(=O)c1cc(NC(=O)c3ncco3)c3ncccc3c1)nc2-c1ccc(F)cc1. The lowest BCUT2D eigenvalue weighted by molar-refractivity contribution is -0.123. The summed E-state index contributed by atoms with van der Waals surface area (Å²) in [5.74, 6) is -1.61. The van der Waals surface area contributed by atoms with Crippen LogP contribution in [0.1, 0.15) is 39.2 Å². The number of benzene rings is 2. The van der Waals surface area contributed by atoms with Gasteiger partial charge in [0.2, 0.25) is 5.91 Å². The average Bonchev–Trinajstić information content (AvgIpc) is 3.67. The summed E-state index contributed by atoms with van der Waals surface area (Å²) in [6, 6.07) is 14.3. The van der Waals surface area contributed by atoms with E-state index in [1.165, 1.54) is 30.7 Å². The Morgan fingerprint density at radius 1 is 1.05 bits per heavy atom. The number of ether oxygens (including phenoxy) is 1. The van der Waals surface area contributed by atoms with Crippen LogP contribution < -0.4 is 21.1 Å². The minimum Gasteiger partial charge on any atom is -0.489 e. The Morgan fingerprint density at radius 3 is 2.60 bits per heavy atom. The monoisotopic (exact) mass is 580 g/mol. The zero-order chi connectivity index (χ0) is 30.1. The maximum Gasteiger partial charge on any atom is 0.311 e. The Balaban J connectivity index is 1.25. The highest BCUT2D eigenvalue weighted by Crippen LogP contribution is 2.44. The molecule has 6 rings (SSSR count). The molecule has 12 heteroatoms. The molecule has 11 nitrogen and oxygen atoms in total. The van der Waals surface area contributed by atoms with E-state index < -0.39 is 23.0 Å². The number of anilines is 1. The predicted octanol–water partition coefficient (Wildman–Crippen LogP) is 3.78. The number of oxazole rings is 1. The van der Waals surface area contributed by atoms with Gasteiger partial charge in [-0.2, -0.15) is 0 Å². The first kappa shape index (κ1) is 27.5. The van der Waals surface area contributed by atoms with E-state index in [0.717, 1.165) is 0 Å². The Bertz CT molecular complexity index is 1880. The Kier molecular flexibility index (Phi) is 7.02. The van der Waals surface area contributed by atoms with E-state index in [-0.39, 0.29) is 24.9 Å². The lowest BCUT2D eigenvalue weighted by Gasteiger charge is -2.19. The van der Waals surface area contributed by atoms with Gasteiger partial charge in [-0.3, -0.25) is 19.4 Å². The van der Waals surface area contributed by atoms with E-state index in [2.05, 4.69) is 20.6 Å². The Labute approximate surface area is 244 Å². The van der Waals surface area contributed by atoms with Crippen molar-refractivity contribution in [3.63, 3.8) is 0 Å². The number of amides is 3. The number of pyridine rings is 2. The van der Waals surface area contributed by atoms with Crippen molar-refractivity contribution in [3.8, 4) is 17.0 Å². The number of halogens is 1. The van der Waals surface area contributed by atoms with E-state index in [0.29, 0.717) is 56.8 Å². The van der Waals surface area contributed by atoms with Crippen LogP contribution in [-0.2, 0) is 16.6 Å². The van der Waals surface area contributed by atoms with Gasteiger partial charge in [-0.05, 0) is 55.5 Å². The molecule has 216 valence electrons. The maximum absolute atomic E-state index is 13.6. The standard InChI is InChI=1S/C31H25FN6O5/c1-31(30(33)41)16-43-26-22(31)15-21(37-25(26)17-4-6-20(32)7-5-17)8-10-35-27(39)19-13-18-3-2-9-34-24(18)23(14-19)38-28(40)29-36-11-12-42-29/h2-7,9,11-15H,8,10,16H2,1H3,(H2,33,41)(H,35,39)(H,38,40)/t31-/m0/s1. The molecule has 4 heterocycles. The van der Waals surface area contributed by atoms with Crippen LogP contribution in [0.25, 0.3) is 22.2 Å². The minimum atomic E-state index is -1.07. The van der Waals surface area contributed by atoms with Crippen LogP contribution in [0, 0.1) is 5.82 Å². The molecule has 1 aliphatic heterocycles. The zero-order valence-corrected chi connectivity index (χ0v) is 22.9. The first-order valence-corrected chi connectivity index (χ1v) is 13.3. The molecule has 4 N–H and O–H groups in total. The van der Waals surface area contributed by atoms with Gasteiger partial charge >= 0.3 is 5.91 Å². The number of nitrogens with zero attached hydrogens (tertiary/aromatic N) is 3. The summed E-state index contributed by atoms with van der Waals surface area (Å²) in [6.45, 7) is 1.96. The van der Waals surface area contributed by atoms with Crippen molar-refractivity contribution in [1.29, 1.82) is 0 Å². The largest absolute Gasteiger partial charge is 0.489 e. The molecule has 5 aromatic rings. The second kappa shape index (κ2) is 11.0. The summed E-state index contributed by atoms with van der Waals surface area (Å²) in [5.41, 5.74) is 8.01. The van der Waals surface area contributed by atoms with Crippen LogP contribution >= 0.6 is 0 Å². The molecule has 0 bridgehead atoms. The fraction of sp³-hybridized carbons (Fsp3) is 0.161. The van der Waals surface area contributed by atoms with E-state index >= 15 is 0 Å². The third kappa shape index (κ3) is 5.25. The second-order valence-electron chi connectivity index (χ2n) is 10.2. The number of hydrogen-bond donors (Lipinski definition) is 3. The van der Waals surface area contributed by atoms with Crippen molar-refractivity contribution in [2.24, 2.45) is 5.73 Å². The van der Waals surface area contributed by atoms with Gasteiger partial charge in [-0.1, -0.05) is 6.07 Å². The first-order valence-electron chi connectivity index (χ1n) is 13.3. The molecule has 0 saturated carbocycles. The third-order valence-corrected chi connectivity index (χ3v) is 7.30. The average molecular weight is 581 g/mol. The molecule has 1 aliphatic rings. The number of carbonyl (C=O) groups excluding carboxylic acids is 3. The maximum atomic E-state index is 13.6. The van der Waals surface area contributed by atoms with Crippen LogP contribution in [0.3, 0.4) is 0 Å². The van der Waals surface area contributed by atoms with Crippen molar-refractivity contribution in [2.75, 3.05) is 18.5 Å². The van der Waals surface area contributed by atoms with Gasteiger partial charge in [0.1, 0.15) is 35.5 Å². The van der Waals surface area contributed by atoms with Crippen LogP contribution in [0.2, 0.25) is 0 Å². The summed E-state index contributed by atoms with van der Waals surface area (Å²) >= 11 is 0. The number of primary amides is 1. The van der Waals surface area contributed by atoms with Gasteiger partial charge in [0.25, 0.3) is 11.8 Å². The number of nitrogens with two attached hydrogens (primary N) is 1. The smallest absolute Gasteiger partial charge is 0.311 e. The van der Waals surface area contributed by atoms with Crippen LogP contribution in [0.15, 0.2) is 77.7 Å². The molecular formula is C31H25FN6O5. The van der Waals surface area contributed by atoms with Crippen LogP contribution in [-0.4, -0.2) is 45.8 Å². The van der Waals surface area contributed by atoms with E-state index in [9.17, 15) is 18.8 Å². The fourth-order valence-electron chi connectivity index (χ4n) is 4.91. The van der Waals surface area contributed by atoms with Gasteiger partial charge in [0, 0.05) is 46.9 Å². The third-order valence-electron chi connectivity index (χ3n) is 7.30. The van der Waals surface area contributed by atoms with Gasteiger partial charge in [-0.25, -0.2) is 14.4 Å². The molecule has 0 saturated heterocycles. The molecule has 0 spiro atoms. The van der Waals surface area contributed by atoms with E-state index in [1.54, 1.807) is 49.5 Å². The molecule has 0 aliphatic carbocycles. The highest BCUT2D eigenvalue weighted by Gasteiger charge is 2.43. The first-order chi connectivity index (χ1) is 20.7. The topological polar surface area (TPSA) is 162 Å². The predicted molar refractivity (Wildman–Crippen MR) is 154 cm³/mol. The van der Waals surface area contributed by atoms with Crippen molar-refractivity contribution in [2.45, 2.75) is 18.8 Å². The summed E-state index contributed by atoms with van der Waals surface area (Å²) in [6.07, 6.45) is 4.54. The number of rotatable bonds is 8. The molecule has 43 heavy (non-hydrogen) atoms. The quantitative estimate of drug-likeness (QED) is 0.250. The number of hydrogen-bond acceptors (Lipinski definition) is 8. The van der Waals surface area contributed by atoms with Crippen LogP contribution in [0.5, 0.6) is 5.75 Å². The summed E-state index contributed by atoms with van der Waals surface area (Å²) in [7, 11) is 0. The summed E-state index contributed by atoms with van der Waals surface area (Å²) in [4.78, 5) is 51.1. The van der Waals surface area contributed by atoms with E-state index in [4.69, 9.17) is 19.9 Å². The highest BCUT2D eigenvalue weighted by molar-refractivity contribution is 6.09. The molecular weight excluding hydrogens is 555 g/mol. The number of carbonyl (C=O) groups is 3. The number of aromatic nitrogens is 3. The molecule has 3 amide bonds.